The molecule has 94 valence electrons. The monoisotopic (exact) mass is 310 g/mol. The summed E-state index contributed by atoms with van der Waals surface area (Å²) in [7, 11) is 0. The van der Waals surface area contributed by atoms with Crippen LogP contribution >= 0.6 is 15.9 Å². The van der Waals surface area contributed by atoms with Gasteiger partial charge in [0.2, 0.25) is 0 Å². The number of hydrogen-bond donors (Lipinski definition) is 2. The van der Waals surface area contributed by atoms with Crippen molar-refractivity contribution in [2.75, 3.05) is 11.9 Å². The Bertz CT molecular complexity index is 522. The van der Waals surface area contributed by atoms with Gasteiger partial charge in [-0.2, -0.15) is 0 Å². The van der Waals surface area contributed by atoms with Crippen LogP contribution in [0.2, 0.25) is 0 Å². The third-order valence-corrected chi connectivity index (χ3v) is 2.94. The van der Waals surface area contributed by atoms with Gasteiger partial charge >= 0.3 is 0 Å². The standard InChI is InChI=1S/C13H12BrFN2O/c14-10-6-11(15)13(16-7-10)17-12(8-18)9-4-2-1-3-5-9/h1-7,12,18H,8H2,(H,16,17). The van der Waals surface area contributed by atoms with Gasteiger partial charge in [0.1, 0.15) is 0 Å². The molecular weight excluding hydrogens is 299 g/mol. The number of aliphatic hydroxyl groups excluding tert-OH is 1. The number of hydrogen-bond acceptors (Lipinski definition) is 3. The number of aromatic nitrogens is 1. The van der Waals surface area contributed by atoms with Crippen molar-refractivity contribution in [3.05, 3.63) is 58.4 Å². The van der Waals surface area contributed by atoms with Gasteiger partial charge in [0.25, 0.3) is 0 Å². The molecule has 0 aliphatic rings. The van der Waals surface area contributed by atoms with Crippen molar-refractivity contribution >= 4 is 21.7 Å². The van der Waals surface area contributed by atoms with Crippen LogP contribution in [0, 0.1) is 5.82 Å². The fraction of sp³-hybridized carbons (Fsp3) is 0.154. The van der Waals surface area contributed by atoms with Gasteiger partial charge in [0.05, 0.1) is 12.6 Å². The van der Waals surface area contributed by atoms with E-state index in [-0.39, 0.29) is 18.5 Å². The maximum atomic E-state index is 13.6. The lowest BCUT2D eigenvalue weighted by molar-refractivity contribution is 0.276. The summed E-state index contributed by atoms with van der Waals surface area (Å²) in [5.41, 5.74) is 0.879. The van der Waals surface area contributed by atoms with Crippen molar-refractivity contribution in [1.29, 1.82) is 0 Å². The Morgan fingerprint density at radius 2 is 2.06 bits per heavy atom. The smallest absolute Gasteiger partial charge is 0.166 e. The number of nitrogens with one attached hydrogen (secondary N) is 1. The third-order valence-electron chi connectivity index (χ3n) is 2.50. The van der Waals surface area contributed by atoms with Gasteiger partial charge in [-0.3, -0.25) is 0 Å². The average molecular weight is 311 g/mol. The van der Waals surface area contributed by atoms with Crippen molar-refractivity contribution in [2.24, 2.45) is 0 Å². The van der Waals surface area contributed by atoms with E-state index < -0.39 is 5.82 Å². The first-order valence-corrected chi connectivity index (χ1v) is 6.23. The minimum absolute atomic E-state index is 0.126. The van der Waals surface area contributed by atoms with E-state index in [1.54, 1.807) is 0 Å². The highest BCUT2D eigenvalue weighted by atomic mass is 79.9. The Morgan fingerprint density at radius 3 is 2.67 bits per heavy atom. The summed E-state index contributed by atoms with van der Waals surface area (Å²) in [6, 6.07) is 10.3. The summed E-state index contributed by atoms with van der Waals surface area (Å²) >= 11 is 3.14. The summed E-state index contributed by atoms with van der Waals surface area (Å²) in [6.45, 7) is -0.138. The third kappa shape index (κ3) is 3.05. The Morgan fingerprint density at radius 1 is 1.33 bits per heavy atom. The molecule has 3 nitrogen and oxygen atoms in total. The number of benzene rings is 1. The van der Waals surface area contributed by atoms with E-state index in [2.05, 4.69) is 26.2 Å². The largest absolute Gasteiger partial charge is 0.394 e. The molecule has 0 fully saturated rings. The van der Waals surface area contributed by atoms with Crippen molar-refractivity contribution in [3.63, 3.8) is 0 Å². The fourth-order valence-electron chi connectivity index (χ4n) is 1.61. The first-order valence-electron chi connectivity index (χ1n) is 5.44. The van der Waals surface area contributed by atoms with E-state index in [1.165, 1.54) is 12.3 Å². The van der Waals surface area contributed by atoms with Gasteiger partial charge in [0.15, 0.2) is 11.6 Å². The Kier molecular flexibility index (Phi) is 4.28. The van der Waals surface area contributed by atoms with Crippen LogP contribution in [0.15, 0.2) is 47.1 Å². The van der Waals surface area contributed by atoms with E-state index in [0.29, 0.717) is 4.47 Å². The molecule has 0 aliphatic heterocycles. The van der Waals surface area contributed by atoms with E-state index in [1.807, 2.05) is 30.3 Å². The number of aliphatic hydroxyl groups is 1. The van der Waals surface area contributed by atoms with Crippen molar-refractivity contribution in [1.82, 2.24) is 4.98 Å². The van der Waals surface area contributed by atoms with Gasteiger partial charge in [-0.15, -0.1) is 0 Å². The Hall–Kier alpha value is -1.46. The summed E-state index contributed by atoms with van der Waals surface area (Å²) in [4.78, 5) is 3.95. The van der Waals surface area contributed by atoms with Crippen LogP contribution in [-0.4, -0.2) is 16.7 Å². The van der Waals surface area contributed by atoms with E-state index in [0.717, 1.165) is 5.56 Å². The van der Waals surface area contributed by atoms with Crippen LogP contribution in [0.25, 0.3) is 0 Å². The Balaban J connectivity index is 2.21. The van der Waals surface area contributed by atoms with Crippen molar-refractivity contribution < 1.29 is 9.50 Å². The zero-order valence-corrected chi connectivity index (χ0v) is 11.1. The van der Waals surface area contributed by atoms with Gasteiger partial charge in [-0.25, -0.2) is 9.37 Å². The Labute approximate surface area is 113 Å². The second-order valence-electron chi connectivity index (χ2n) is 3.77. The quantitative estimate of drug-likeness (QED) is 0.912. The van der Waals surface area contributed by atoms with E-state index >= 15 is 0 Å². The number of anilines is 1. The van der Waals surface area contributed by atoms with Crippen LogP contribution in [0.1, 0.15) is 11.6 Å². The minimum Gasteiger partial charge on any atom is -0.394 e. The lowest BCUT2D eigenvalue weighted by atomic mass is 10.1. The topological polar surface area (TPSA) is 45.1 Å². The van der Waals surface area contributed by atoms with E-state index in [9.17, 15) is 9.50 Å². The molecule has 0 radical (unpaired) electrons. The molecule has 1 heterocycles. The predicted octanol–water partition coefficient (Wildman–Crippen LogP) is 3.13. The second kappa shape index (κ2) is 5.93. The van der Waals surface area contributed by atoms with Gasteiger partial charge in [0, 0.05) is 10.7 Å². The summed E-state index contributed by atoms with van der Waals surface area (Å²) < 4.78 is 14.2. The first kappa shape index (κ1) is 13.0. The second-order valence-corrected chi connectivity index (χ2v) is 4.69. The molecule has 18 heavy (non-hydrogen) atoms. The zero-order valence-electron chi connectivity index (χ0n) is 9.48. The maximum absolute atomic E-state index is 13.6. The predicted molar refractivity (Wildman–Crippen MR) is 71.8 cm³/mol. The molecule has 5 heteroatoms. The molecule has 0 saturated carbocycles. The molecule has 2 N–H and O–H groups in total. The maximum Gasteiger partial charge on any atom is 0.166 e. The SMILES string of the molecule is OCC(Nc1ncc(Br)cc1F)c1ccccc1. The van der Waals surface area contributed by atoms with Gasteiger partial charge in [-0.1, -0.05) is 30.3 Å². The molecular formula is C13H12BrFN2O. The van der Waals surface area contributed by atoms with Crippen molar-refractivity contribution in [2.45, 2.75) is 6.04 Å². The normalized spacial score (nSPS) is 12.2. The molecule has 1 aromatic carbocycles. The summed E-state index contributed by atoms with van der Waals surface area (Å²) in [5, 5.41) is 12.2. The molecule has 0 saturated heterocycles. The zero-order chi connectivity index (χ0) is 13.0. The first-order chi connectivity index (χ1) is 8.70. The highest BCUT2D eigenvalue weighted by Crippen LogP contribution is 2.21. The number of nitrogens with zero attached hydrogens (tertiary/aromatic N) is 1. The number of rotatable bonds is 4. The van der Waals surface area contributed by atoms with Gasteiger partial charge in [-0.05, 0) is 27.6 Å². The van der Waals surface area contributed by atoms with Gasteiger partial charge < -0.3 is 10.4 Å². The molecule has 1 atom stereocenters. The molecule has 0 amide bonds. The summed E-state index contributed by atoms with van der Waals surface area (Å²) in [6.07, 6.45) is 1.50. The number of pyridine rings is 1. The highest BCUT2D eigenvalue weighted by Gasteiger charge is 2.13. The molecule has 0 bridgehead atoms. The number of halogens is 2. The molecule has 0 aliphatic carbocycles. The van der Waals surface area contributed by atoms with Crippen LogP contribution in [0.5, 0.6) is 0 Å². The highest BCUT2D eigenvalue weighted by molar-refractivity contribution is 9.10. The molecule has 2 rings (SSSR count). The van der Waals surface area contributed by atoms with Crippen LogP contribution in [0.3, 0.4) is 0 Å². The molecule has 2 aromatic rings. The average Bonchev–Trinajstić information content (AvgIpc) is 2.39. The molecule has 0 spiro atoms. The van der Waals surface area contributed by atoms with Crippen LogP contribution in [0.4, 0.5) is 10.2 Å². The molecule has 1 aromatic heterocycles. The van der Waals surface area contributed by atoms with Crippen LogP contribution < -0.4 is 5.32 Å². The molecule has 1 unspecified atom stereocenters. The fourth-order valence-corrected chi connectivity index (χ4v) is 1.91. The minimum atomic E-state index is -0.459. The lowest BCUT2D eigenvalue weighted by Gasteiger charge is -2.17. The lowest BCUT2D eigenvalue weighted by Crippen LogP contribution is -2.16. The van der Waals surface area contributed by atoms with Crippen LogP contribution in [-0.2, 0) is 0 Å². The van der Waals surface area contributed by atoms with E-state index in [4.69, 9.17) is 0 Å². The van der Waals surface area contributed by atoms with Crippen molar-refractivity contribution in [3.8, 4) is 0 Å². The summed E-state index contributed by atoms with van der Waals surface area (Å²) in [5.74, 6) is -0.333.